The molecule has 0 N–H and O–H groups in total. The van der Waals surface area contributed by atoms with Gasteiger partial charge in [-0.25, -0.2) is 9.13 Å². The zero-order chi connectivity index (χ0) is 11.7. The lowest BCUT2D eigenvalue weighted by Crippen LogP contribution is -3.00. The zero-order valence-electron chi connectivity index (χ0n) is 10.8. The quantitative estimate of drug-likeness (QED) is 0.531. The summed E-state index contributed by atoms with van der Waals surface area (Å²) in [7, 11) is 1.71. The summed E-state index contributed by atoms with van der Waals surface area (Å²) in [6.45, 7) is 8.51. The summed E-state index contributed by atoms with van der Waals surface area (Å²) in [5, 5.41) is 0. The molecule has 0 spiro atoms. The number of aromatic nitrogens is 2. The third-order valence-corrected chi connectivity index (χ3v) is 3.18. The first-order chi connectivity index (χ1) is 7.72. The minimum Gasteiger partial charge on any atom is -1.00 e. The third-order valence-electron chi connectivity index (χ3n) is 3.18. The molecule has 4 heteroatoms. The normalized spacial score (nSPS) is 10.4. The van der Waals surface area contributed by atoms with Gasteiger partial charge >= 0.3 is 0 Å². The predicted octanol–water partition coefficient (Wildman–Crippen LogP) is -0.710. The molecule has 0 fully saturated rings. The van der Waals surface area contributed by atoms with Crippen LogP contribution in [0, 0.1) is 6.92 Å². The number of halogens is 1. The van der Waals surface area contributed by atoms with E-state index in [2.05, 4.69) is 42.0 Å². The molecule has 0 saturated carbocycles. The molecule has 0 unspecified atom stereocenters. The molecule has 0 bridgehead atoms. The predicted molar refractivity (Wildman–Crippen MR) is 64.8 cm³/mol. The molecule has 0 amide bonds. The molecule has 1 aromatic carbocycles. The maximum absolute atomic E-state index is 5.28. The summed E-state index contributed by atoms with van der Waals surface area (Å²) in [6, 6.07) is 6.27. The lowest BCUT2D eigenvalue weighted by molar-refractivity contribution is -0.674. The largest absolute Gasteiger partial charge is 1.00 e. The molecule has 0 saturated heterocycles. The zero-order valence-corrected chi connectivity index (χ0v) is 13.0. The van der Waals surface area contributed by atoms with Crippen molar-refractivity contribution in [2.75, 3.05) is 7.11 Å². The van der Waals surface area contributed by atoms with Gasteiger partial charge in [-0.2, -0.15) is 0 Å². The smallest absolute Gasteiger partial charge is 0.254 e. The fourth-order valence-electron chi connectivity index (χ4n) is 2.37. The molecule has 17 heavy (non-hydrogen) atoms. The van der Waals surface area contributed by atoms with Crippen molar-refractivity contribution in [2.45, 2.75) is 33.9 Å². The Kier molecular flexibility index (Phi) is 4.80. The van der Waals surface area contributed by atoms with Crippen LogP contribution in [-0.4, -0.2) is 11.7 Å². The van der Waals surface area contributed by atoms with Crippen LogP contribution in [-0.2, 0) is 13.1 Å². The Hall–Kier alpha value is -0.780. The Bertz CT molecular complexity index is 520. The van der Waals surface area contributed by atoms with Crippen molar-refractivity contribution < 1.29 is 33.3 Å². The fraction of sp³-hybridized carbons (Fsp3) is 0.462. The van der Waals surface area contributed by atoms with E-state index in [1.54, 1.807) is 7.11 Å². The molecule has 2 aromatic rings. The van der Waals surface area contributed by atoms with Gasteiger partial charge in [-0.15, -0.1) is 0 Å². The summed E-state index contributed by atoms with van der Waals surface area (Å²) in [5.41, 5.74) is 2.53. The average Bonchev–Trinajstić information content (AvgIpc) is 2.59. The first kappa shape index (κ1) is 14.3. The number of imidazole rings is 1. The number of methoxy groups -OCH3 is 1. The minimum absolute atomic E-state index is 0. The molecule has 1 aromatic heterocycles. The van der Waals surface area contributed by atoms with Crippen LogP contribution in [0.15, 0.2) is 18.2 Å². The van der Waals surface area contributed by atoms with Gasteiger partial charge in [-0.05, 0) is 26.0 Å². The molecule has 1 heterocycles. The van der Waals surface area contributed by atoms with E-state index in [0.29, 0.717) is 0 Å². The van der Waals surface area contributed by atoms with E-state index >= 15 is 0 Å². The maximum Gasteiger partial charge on any atom is 0.254 e. The van der Waals surface area contributed by atoms with Crippen LogP contribution >= 0.6 is 0 Å². The number of aryl methyl sites for hydroxylation is 2. The van der Waals surface area contributed by atoms with Crippen molar-refractivity contribution in [1.82, 2.24) is 4.57 Å². The lowest BCUT2D eigenvalue weighted by atomic mass is 10.3. The van der Waals surface area contributed by atoms with E-state index in [0.717, 1.165) is 18.8 Å². The highest BCUT2D eigenvalue weighted by Crippen LogP contribution is 2.20. The van der Waals surface area contributed by atoms with Crippen LogP contribution in [0.5, 0.6) is 5.75 Å². The SMILES string of the molecule is CCn1c(C)[n+](CC)c2ccc(OC)cc21.[I-]. The molecule has 0 aliphatic rings. The van der Waals surface area contributed by atoms with Crippen molar-refractivity contribution in [3.05, 3.63) is 24.0 Å². The average molecular weight is 346 g/mol. The van der Waals surface area contributed by atoms with Gasteiger partial charge in [0.05, 0.1) is 20.2 Å². The molecule has 2 rings (SSSR count). The standard InChI is InChI=1S/C13H19N2O.HI/c1-5-14-10(3)15(6-2)13-9-11(16-4)7-8-12(13)14;/h7-9H,5-6H2,1-4H3;1H/q+1;/p-1. The van der Waals surface area contributed by atoms with Gasteiger partial charge in [0.15, 0.2) is 11.0 Å². The van der Waals surface area contributed by atoms with Crippen LogP contribution in [0.4, 0.5) is 0 Å². The van der Waals surface area contributed by atoms with Gasteiger partial charge in [0.2, 0.25) is 0 Å². The topological polar surface area (TPSA) is 18.0 Å². The van der Waals surface area contributed by atoms with Crippen LogP contribution in [0.3, 0.4) is 0 Å². The van der Waals surface area contributed by atoms with Crippen LogP contribution in [0.2, 0.25) is 0 Å². The Morgan fingerprint density at radius 1 is 1.29 bits per heavy atom. The monoisotopic (exact) mass is 346 g/mol. The van der Waals surface area contributed by atoms with Crippen LogP contribution in [0.25, 0.3) is 11.0 Å². The Balaban J connectivity index is 0.00000144. The molecule has 94 valence electrons. The lowest BCUT2D eigenvalue weighted by Gasteiger charge is -1.98. The fourth-order valence-corrected chi connectivity index (χ4v) is 2.37. The van der Waals surface area contributed by atoms with Gasteiger partial charge in [0.1, 0.15) is 5.75 Å². The Labute approximate surface area is 119 Å². The minimum atomic E-state index is 0. The number of hydrogen-bond acceptors (Lipinski definition) is 1. The summed E-state index contributed by atoms with van der Waals surface area (Å²) < 4.78 is 9.93. The number of nitrogens with zero attached hydrogens (tertiary/aromatic N) is 2. The first-order valence-corrected chi connectivity index (χ1v) is 5.79. The molecular weight excluding hydrogens is 327 g/mol. The number of hydrogen-bond donors (Lipinski definition) is 0. The van der Waals surface area contributed by atoms with E-state index in [4.69, 9.17) is 4.74 Å². The molecular formula is C13H19IN2O. The van der Waals surface area contributed by atoms with Gasteiger partial charge < -0.3 is 28.7 Å². The van der Waals surface area contributed by atoms with Gasteiger partial charge in [0, 0.05) is 13.0 Å². The van der Waals surface area contributed by atoms with E-state index in [1.807, 2.05) is 6.07 Å². The van der Waals surface area contributed by atoms with Gasteiger partial charge in [-0.1, -0.05) is 0 Å². The van der Waals surface area contributed by atoms with Crippen LogP contribution in [0.1, 0.15) is 19.7 Å². The van der Waals surface area contributed by atoms with Crippen molar-refractivity contribution in [1.29, 1.82) is 0 Å². The second-order valence-corrected chi connectivity index (χ2v) is 3.89. The summed E-state index contributed by atoms with van der Waals surface area (Å²) >= 11 is 0. The number of rotatable bonds is 3. The molecule has 0 aliphatic heterocycles. The maximum atomic E-state index is 5.28. The van der Waals surface area contributed by atoms with Crippen molar-refractivity contribution in [2.24, 2.45) is 0 Å². The van der Waals surface area contributed by atoms with Gasteiger partial charge in [0.25, 0.3) is 5.82 Å². The Morgan fingerprint density at radius 2 is 2.00 bits per heavy atom. The number of benzene rings is 1. The highest BCUT2D eigenvalue weighted by Gasteiger charge is 2.19. The second-order valence-electron chi connectivity index (χ2n) is 3.89. The molecule has 0 radical (unpaired) electrons. The summed E-state index contributed by atoms with van der Waals surface area (Å²) in [4.78, 5) is 0. The van der Waals surface area contributed by atoms with Crippen molar-refractivity contribution in [3.8, 4) is 5.75 Å². The molecule has 0 aliphatic carbocycles. The Morgan fingerprint density at radius 3 is 2.53 bits per heavy atom. The molecule has 3 nitrogen and oxygen atoms in total. The van der Waals surface area contributed by atoms with E-state index in [1.165, 1.54) is 16.9 Å². The van der Waals surface area contributed by atoms with Gasteiger partial charge in [-0.3, -0.25) is 0 Å². The number of ether oxygens (including phenoxy) is 1. The van der Waals surface area contributed by atoms with Crippen molar-refractivity contribution >= 4 is 11.0 Å². The summed E-state index contributed by atoms with van der Waals surface area (Å²) in [5.74, 6) is 2.22. The molecule has 0 atom stereocenters. The summed E-state index contributed by atoms with van der Waals surface area (Å²) in [6.07, 6.45) is 0. The van der Waals surface area contributed by atoms with E-state index < -0.39 is 0 Å². The van der Waals surface area contributed by atoms with Crippen LogP contribution < -0.4 is 33.3 Å². The van der Waals surface area contributed by atoms with Crippen molar-refractivity contribution in [3.63, 3.8) is 0 Å². The third kappa shape index (κ3) is 2.27. The highest BCUT2D eigenvalue weighted by atomic mass is 127. The number of fused-ring (bicyclic) bond motifs is 1. The van der Waals surface area contributed by atoms with E-state index in [9.17, 15) is 0 Å². The first-order valence-electron chi connectivity index (χ1n) is 5.79. The van der Waals surface area contributed by atoms with E-state index in [-0.39, 0.29) is 24.0 Å². The highest BCUT2D eigenvalue weighted by molar-refractivity contribution is 5.74. The second kappa shape index (κ2) is 5.71.